The van der Waals surface area contributed by atoms with Gasteiger partial charge in [0.15, 0.2) is 5.17 Å². The zero-order chi connectivity index (χ0) is 19.8. The lowest BCUT2D eigenvalue weighted by atomic mass is 9.98. The maximum absolute atomic E-state index is 12.7. The Kier molecular flexibility index (Phi) is 5.27. The van der Waals surface area contributed by atoms with E-state index in [4.69, 9.17) is 11.6 Å². The topological polar surface area (TPSA) is 41.5 Å². The van der Waals surface area contributed by atoms with E-state index in [1.807, 2.05) is 13.0 Å². The summed E-state index contributed by atoms with van der Waals surface area (Å²) in [5, 5.41) is 3.83. The van der Waals surface area contributed by atoms with Crippen LogP contribution in [0, 0.1) is 6.92 Å². The summed E-state index contributed by atoms with van der Waals surface area (Å²) in [5.41, 5.74) is 1.48. The number of carbonyl (C=O) groups excluding carboxylic acids is 1. The Morgan fingerprint density at radius 2 is 1.85 bits per heavy atom. The number of hydrogen-bond donors (Lipinski definition) is 1. The van der Waals surface area contributed by atoms with Crippen LogP contribution in [0.5, 0.6) is 0 Å². The van der Waals surface area contributed by atoms with Crippen LogP contribution in [0.25, 0.3) is 0 Å². The number of amidine groups is 1. The number of aryl methyl sites for hydroxylation is 1. The van der Waals surface area contributed by atoms with E-state index in [9.17, 15) is 18.0 Å². The third kappa shape index (κ3) is 4.47. The summed E-state index contributed by atoms with van der Waals surface area (Å²) in [7, 11) is 0. The first-order valence-corrected chi connectivity index (χ1v) is 9.28. The fourth-order valence-corrected chi connectivity index (χ4v) is 3.92. The predicted molar refractivity (Wildman–Crippen MR) is 103 cm³/mol. The Bertz CT molecular complexity index is 912. The number of halogens is 4. The number of amides is 1. The van der Waals surface area contributed by atoms with E-state index in [1.165, 1.54) is 23.9 Å². The van der Waals surface area contributed by atoms with Crippen molar-refractivity contribution in [2.24, 2.45) is 4.99 Å². The molecule has 1 N–H and O–H groups in total. The Balaban J connectivity index is 1.77. The summed E-state index contributed by atoms with van der Waals surface area (Å²) in [6.45, 7) is 3.61. The Labute approximate surface area is 164 Å². The van der Waals surface area contributed by atoms with Gasteiger partial charge in [-0.05, 0) is 61.7 Å². The van der Waals surface area contributed by atoms with E-state index >= 15 is 0 Å². The van der Waals surface area contributed by atoms with Gasteiger partial charge >= 0.3 is 6.18 Å². The maximum Gasteiger partial charge on any atom is 0.416 e. The molecule has 1 saturated heterocycles. The lowest BCUT2D eigenvalue weighted by Crippen LogP contribution is -2.35. The molecule has 0 saturated carbocycles. The molecule has 0 aromatic heterocycles. The maximum atomic E-state index is 12.7. The second-order valence-corrected chi connectivity index (χ2v) is 8.41. The monoisotopic (exact) mass is 412 g/mol. The number of nitrogens with zero attached hydrogens (tertiary/aromatic N) is 1. The van der Waals surface area contributed by atoms with E-state index in [-0.39, 0.29) is 5.91 Å². The summed E-state index contributed by atoms with van der Waals surface area (Å²) in [6, 6.07) is 10.2. The smallest absolute Gasteiger partial charge is 0.304 e. The van der Waals surface area contributed by atoms with Crippen LogP contribution in [0.15, 0.2) is 47.5 Å². The number of nitrogens with one attached hydrogen (secondary N) is 1. The van der Waals surface area contributed by atoms with Gasteiger partial charge in [0, 0.05) is 5.02 Å². The molecule has 3 rings (SSSR count). The molecule has 0 radical (unpaired) electrons. The van der Waals surface area contributed by atoms with Crippen molar-refractivity contribution in [2.75, 3.05) is 0 Å². The molecule has 1 atom stereocenters. The van der Waals surface area contributed by atoms with Gasteiger partial charge in [0.1, 0.15) is 4.75 Å². The minimum atomic E-state index is -4.38. The van der Waals surface area contributed by atoms with Gasteiger partial charge in [-0.2, -0.15) is 13.2 Å². The first-order chi connectivity index (χ1) is 12.6. The van der Waals surface area contributed by atoms with Crippen molar-refractivity contribution in [3.63, 3.8) is 0 Å². The van der Waals surface area contributed by atoms with Crippen LogP contribution in [-0.4, -0.2) is 15.8 Å². The van der Waals surface area contributed by atoms with Gasteiger partial charge in [-0.25, -0.2) is 4.99 Å². The zero-order valence-corrected chi connectivity index (χ0v) is 16.1. The minimum Gasteiger partial charge on any atom is -0.304 e. The molecule has 27 heavy (non-hydrogen) atoms. The van der Waals surface area contributed by atoms with Crippen LogP contribution in [-0.2, 0) is 17.4 Å². The Hall–Kier alpha value is -1.99. The number of rotatable bonds is 3. The average molecular weight is 413 g/mol. The number of aliphatic imine (C=N–C) groups is 1. The van der Waals surface area contributed by atoms with Crippen molar-refractivity contribution >= 4 is 40.1 Å². The second kappa shape index (κ2) is 7.20. The van der Waals surface area contributed by atoms with Crippen molar-refractivity contribution in [1.29, 1.82) is 0 Å². The zero-order valence-electron chi connectivity index (χ0n) is 14.5. The molecule has 2 aromatic rings. The third-order valence-electron chi connectivity index (χ3n) is 4.22. The molecule has 1 amide bonds. The molecule has 142 valence electrons. The van der Waals surface area contributed by atoms with Crippen molar-refractivity contribution < 1.29 is 18.0 Å². The van der Waals surface area contributed by atoms with E-state index in [0.29, 0.717) is 27.9 Å². The summed E-state index contributed by atoms with van der Waals surface area (Å²) < 4.78 is 37.2. The summed E-state index contributed by atoms with van der Waals surface area (Å²) in [5.74, 6) is -0.225. The highest BCUT2D eigenvalue weighted by Gasteiger charge is 2.42. The molecule has 1 unspecified atom stereocenters. The van der Waals surface area contributed by atoms with Crippen LogP contribution >= 0.6 is 23.4 Å². The minimum absolute atomic E-state index is 0.225. The highest BCUT2D eigenvalue weighted by Crippen LogP contribution is 2.37. The Morgan fingerprint density at radius 3 is 2.44 bits per heavy atom. The van der Waals surface area contributed by atoms with Crippen LogP contribution in [0.4, 0.5) is 18.9 Å². The molecule has 8 heteroatoms. The molecule has 1 heterocycles. The molecular weight excluding hydrogens is 397 g/mol. The van der Waals surface area contributed by atoms with Crippen molar-refractivity contribution in [1.82, 2.24) is 5.32 Å². The standard InChI is InChI=1S/C19H16ClF3N2OS/c1-11-9-14(7-8-15(11)20)24-17-25-16(26)18(2,27-17)10-12-3-5-13(6-4-12)19(21,22)23/h3-9H,10H2,1-2H3,(H,24,25,26). The van der Waals surface area contributed by atoms with Crippen LogP contribution in [0.1, 0.15) is 23.6 Å². The molecule has 2 aromatic carbocycles. The normalized spacial score (nSPS) is 21.6. The lowest BCUT2D eigenvalue weighted by molar-refractivity contribution is -0.137. The number of thioether (sulfide) groups is 1. The van der Waals surface area contributed by atoms with Gasteiger partial charge in [0.25, 0.3) is 0 Å². The number of alkyl halides is 3. The molecule has 3 nitrogen and oxygen atoms in total. The van der Waals surface area contributed by atoms with E-state index in [2.05, 4.69) is 10.3 Å². The fourth-order valence-electron chi connectivity index (χ4n) is 2.70. The van der Waals surface area contributed by atoms with Crippen LogP contribution in [0.2, 0.25) is 5.02 Å². The summed E-state index contributed by atoms with van der Waals surface area (Å²) >= 11 is 7.27. The molecule has 1 fully saturated rings. The highest BCUT2D eigenvalue weighted by atomic mass is 35.5. The predicted octanol–water partition coefficient (Wildman–Crippen LogP) is 5.52. The van der Waals surface area contributed by atoms with E-state index in [1.54, 1.807) is 19.1 Å². The number of benzene rings is 2. The van der Waals surface area contributed by atoms with Gasteiger partial charge in [0.05, 0.1) is 11.3 Å². The fraction of sp³-hybridized carbons (Fsp3) is 0.263. The van der Waals surface area contributed by atoms with E-state index < -0.39 is 16.5 Å². The first kappa shape index (κ1) is 19.8. The molecule has 1 aliphatic heterocycles. The molecular formula is C19H16ClF3N2OS. The average Bonchev–Trinajstić information content (AvgIpc) is 2.84. The largest absolute Gasteiger partial charge is 0.416 e. The van der Waals surface area contributed by atoms with Crippen molar-refractivity contribution in [3.05, 3.63) is 64.2 Å². The quantitative estimate of drug-likeness (QED) is 0.721. The molecule has 0 spiro atoms. The number of hydrogen-bond acceptors (Lipinski definition) is 3. The van der Waals surface area contributed by atoms with Gasteiger partial charge in [-0.15, -0.1) is 0 Å². The second-order valence-electron chi connectivity index (χ2n) is 6.51. The molecule has 1 aliphatic rings. The van der Waals surface area contributed by atoms with Crippen LogP contribution in [0.3, 0.4) is 0 Å². The molecule has 0 aliphatic carbocycles. The highest BCUT2D eigenvalue weighted by molar-refractivity contribution is 8.16. The van der Waals surface area contributed by atoms with Gasteiger partial charge in [0.2, 0.25) is 5.91 Å². The third-order valence-corrected chi connectivity index (χ3v) is 5.81. The SMILES string of the molecule is Cc1cc(N=C2NC(=O)C(C)(Cc3ccc(C(F)(F)F)cc3)S2)ccc1Cl. The Morgan fingerprint density at radius 1 is 1.19 bits per heavy atom. The van der Waals surface area contributed by atoms with Gasteiger partial charge in [-0.3, -0.25) is 4.79 Å². The first-order valence-electron chi connectivity index (χ1n) is 8.08. The van der Waals surface area contributed by atoms with E-state index in [0.717, 1.165) is 17.7 Å². The summed E-state index contributed by atoms with van der Waals surface area (Å²) in [6.07, 6.45) is -4.08. The van der Waals surface area contributed by atoms with Gasteiger partial charge < -0.3 is 5.32 Å². The van der Waals surface area contributed by atoms with Crippen LogP contribution < -0.4 is 5.32 Å². The number of carbonyl (C=O) groups is 1. The van der Waals surface area contributed by atoms with Crippen molar-refractivity contribution in [2.45, 2.75) is 31.2 Å². The van der Waals surface area contributed by atoms with Gasteiger partial charge in [-0.1, -0.05) is 35.5 Å². The van der Waals surface area contributed by atoms with Crippen molar-refractivity contribution in [3.8, 4) is 0 Å². The lowest BCUT2D eigenvalue weighted by Gasteiger charge is -2.19. The summed E-state index contributed by atoms with van der Waals surface area (Å²) in [4.78, 5) is 16.9. The molecule has 0 bridgehead atoms.